The second-order valence-electron chi connectivity index (χ2n) is 2.69. The molecule has 0 spiro atoms. The molecule has 0 saturated heterocycles. The average Bonchev–Trinajstić information content (AvgIpc) is 1.83. The van der Waals surface area contributed by atoms with Gasteiger partial charge in [-0.3, -0.25) is 4.79 Å². The molecule has 0 fully saturated rings. The van der Waals surface area contributed by atoms with Gasteiger partial charge in [0.2, 0.25) is 0 Å². The van der Waals surface area contributed by atoms with Crippen LogP contribution in [-0.2, 0) is 4.79 Å². The zero-order chi connectivity index (χ0) is 7.78. The fourth-order valence-corrected chi connectivity index (χ4v) is 0.930. The van der Waals surface area contributed by atoms with Crippen molar-refractivity contribution in [3.63, 3.8) is 0 Å². The summed E-state index contributed by atoms with van der Waals surface area (Å²) in [7, 11) is 0. The molecule has 10 heavy (non-hydrogen) atoms. The largest absolute Gasteiger partial charge is 0.378 e. The third kappa shape index (κ3) is 1.02. The molecule has 0 aromatic rings. The zero-order valence-electron chi connectivity index (χ0n) is 6.09. The normalized spacial score (nSPS) is 32.3. The van der Waals surface area contributed by atoms with Crippen molar-refractivity contribution in [2.24, 2.45) is 0 Å². The maximum absolute atomic E-state index is 11.1. The molecule has 0 amide bonds. The second-order valence-corrected chi connectivity index (χ2v) is 2.69. The number of Topliss-reactive ketones (excluding diaryl/α,β-unsaturated/α-hetero) is 1. The Hall–Kier alpha value is -0.890. The van der Waals surface area contributed by atoms with Gasteiger partial charge in [0.05, 0.1) is 0 Å². The van der Waals surface area contributed by atoms with E-state index < -0.39 is 5.60 Å². The number of carbonyl (C=O) groups is 1. The molecular weight excluding hydrogens is 128 g/mol. The number of rotatable bonds is 0. The van der Waals surface area contributed by atoms with Crippen LogP contribution in [0.25, 0.3) is 0 Å². The lowest BCUT2D eigenvalue weighted by molar-refractivity contribution is -0.127. The highest BCUT2D eigenvalue weighted by Gasteiger charge is 2.29. The standard InChI is InChI=1S/C8H10O2/c1-6-4-3-5-8(2,10)7(6)9/h3-5,10H,1-2H3. The van der Waals surface area contributed by atoms with Crippen molar-refractivity contribution in [3.05, 3.63) is 23.8 Å². The van der Waals surface area contributed by atoms with Crippen molar-refractivity contribution >= 4 is 5.78 Å². The van der Waals surface area contributed by atoms with Gasteiger partial charge in [0.1, 0.15) is 5.60 Å². The van der Waals surface area contributed by atoms with Gasteiger partial charge in [-0.1, -0.05) is 12.2 Å². The average molecular weight is 138 g/mol. The number of ketones is 1. The van der Waals surface area contributed by atoms with Crippen LogP contribution in [0.4, 0.5) is 0 Å². The van der Waals surface area contributed by atoms with Crippen LogP contribution in [0.5, 0.6) is 0 Å². The molecule has 0 radical (unpaired) electrons. The van der Waals surface area contributed by atoms with Crippen molar-refractivity contribution < 1.29 is 9.90 Å². The Labute approximate surface area is 59.9 Å². The van der Waals surface area contributed by atoms with Crippen molar-refractivity contribution in [2.75, 3.05) is 0 Å². The first-order chi connectivity index (χ1) is 4.54. The van der Waals surface area contributed by atoms with Gasteiger partial charge in [-0.25, -0.2) is 0 Å². The Kier molecular flexibility index (Phi) is 1.49. The molecule has 0 heterocycles. The fraction of sp³-hybridized carbons (Fsp3) is 0.375. The van der Waals surface area contributed by atoms with E-state index in [0.29, 0.717) is 5.57 Å². The minimum Gasteiger partial charge on any atom is -0.378 e. The third-order valence-electron chi connectivity index (χ3n) is 1.58. The van der Waals surface area contributed by atoms with E-state index >= 15 is 0 Å². The monoisotopic (exact) mass is 138 g/mol. The molecule has 1 atom stereocenters. The Balaban J connectivity index is 3.01. The summed E-state index contributed by atoms with van der Waals surface area (Å²) in [5, 5.41) is 9.34. The summed E-state index contributed by atoms with van der Waals surface area (Å²) in [5.74, 6) is -0.213. The molecule has 1 unspecified atom stereocenters. The zero-order valence-corrected chi connectivity index (χ0v) is 6.09. The summed E-state index contributed by atoms with van der Waals surface area (Å²) in [5.41, 5.74) is -0.675. The van der Waals surface area contributed by atoms with E-state index in [1.807, 2.05) is 0 Å². The van der Waals surface area contributed by atoms with Gasteiger partial charge in [0.15, 0.2) is 5.78 Å². The summed E-state index contributed by atoms with van der Waals surface area (Å²) in [6.45, 7) is 3.18. The Morgan fingerprint density at radius 2 is 2.20 bits per heavy atom. The van der Waals surface area contributed by atoms with Crippen LogP contribution in [0.15, 0.2) is 23.8 Å². The lowest BCUT2D eigenvalue weighted by Gasteiger charge is -2.19. The molecule has 0 aliphatic heterocycles. The third-order valence-corrected chi connectivity index (χ3v) is 1.58. The van der Waals surface area contributed by atoms with Crippen molar-refractivity contribution in [1.29, 1.82) is 0 Å². The maximum atomic E-state index is 11.1. The van der Waals surface area contributed by atoms with Crippen LogP contribution in [0.2, 0.25) is 0 Å². The molecule has 2 heteroatoms. The minimum atomic E-state index is -1.28. The quantitative estimate of drug-likeness (QED) is 0.538. The van der Waals surface area contributed by atoms with Crippen LogP contribution >= 0.6 is 0 Å². The first-order valence-corrected chi connectivity index (χ1v) is 3.17. The van der Waals surface area contributed by atoms with E-state index in [0.717, 1.165) is 0 Å². The molecule has 0 aromatic heterocycles. The maximum Gasteiger partial charge on any atom is 0.193 e. The smallest absolute Gasteiger partial charge is 0.193 e. The second kappa shape index (κ2) is 2.06. The lowest BCUT2D eigenvalue weighted by atomic mass is 9.91. The highest BCUT2D eigenvalue weighted by atomic mass is 16.3. The molecule has 0 aromatic carbocycles. The van der Waals surface area contributed by atoms with Gasteiger partial charge in [-0.05, 0) is 25.5 Å². The molecule has 0 bridgehead atoms. The van der Waals surface area contributed by atoms with Crippen LogP contribution in [0.1, 0.15) is 13.8 Å². The van der Waals surface area contributed by atoms with Crippen molar-refractivity contribution in [1.82, 2.24) is 0 Å². The molecule has 1 aliphatic rings. The van der Waals surface area contributed by atoms with Crippen molar-refractivity contribution in [2.45, 2.75) is 19.4 Å². The molecule has 0 saturated carbocycles. The summed E-state index contributed by atoms with van der Waals surface area (Å²) >= 11 is 0. The van der Waals surface area contributed by atoms with E-state index in [1.54, 1.807) is 19.1 Å². The van der Waals surface area contributed by atoms with E-state index in [-0.39, 0.29) is 5.78 Å². The number of hydrogen-bond acceptors (Lipinski definition) is 2. The van der Waals surface area contributed by atoms with Crippen LogP contribution in [-0.4, -0.2) is 16.5 Å². The van der Waals surface area contributed by atoms with Gasteiger partial charge in [-0.15, -0.1) is 0 Å². The highest BCUT2D eigenvalue weighted by Crippen LogP contribution is 2.17. The summed E-state index contributed by atoms with van der Waals surface area (Å²) in [6, 6.07) is 0. The SMILES string of the molecule is CC1=CC=CC(C)(O)C1=O. The van der Waals surface area contributed by atoms with E-state index in [4.69, 9.17) is 0 Å². The first-order valence-electron chi connectivity index (χ1n) is 3.17. The number of carbonyl (C=O) groups excluding carboxylic acids is 1. The molecule has 1 aliphatic carbocycles. The Bertz CT molecular complexity index is 221. The van der Waals surface area contributed by atoms with E-state index in [9.17, 15) is 9.90 Å². The fourth-order valence-electron chi connectivity index (χ4n) is 0.930. The van der Waals surface area contributed by atoms with E-state index in [1.165, 1.54) is 13.0 Å². The van der Waals surface area contributed by atoms with Gasteiger partial charge in [-0.2, -0.15) is 0 Å². The molecule has 1 rings (SSSR count). The summed E-state index contributed by atoms with van der Waals surface area (Å²) in [4.78, 5) is 11.1. The van der Waals surface area contributed by atoms with Gasteiger partial charge in [0, 0.05) is 0 Å². The van der Waals surface area contributed by atoms with Crippen LogP contribution in [0, 0.1) is 0 Å². The molecule has 1 N–H and O–H groups in total. The van der Waals surface area contributed by atoms with Crippen molar-refractivity contribution in [3.8, 4) is 0 Å². The first kappa shape index (κ1) is 7.22. The Morgan fingerprint density at radius 3 is 2.60 bits per heavy atom. The van der Waals surface area contributed by atoms with E-state index in [2.05, 4.69) is 0 Å². The highest BCUT2D eigenvalue weighted by molar-refractivity contribution is 6.03. The van der Waals surface area contributed by atoms with Gasteiger partial charge in [0.25, 0.3) is 0 Å². The number of aliphatic hydroxyl groups is 1. The van der Waals surface area contributed by atoms with Crippen LogP contribution < -0.4 is 0 Å². The van der Waals surface area contributed by atoms with Gasteiger partial charge < -0.3 is 5.11 Å². The molecular formula is C8H10O2. The molecule has 54 valence electrons. The predicted octanol–water partition coefficient (Wildman–Crippen LogP) is 0.823. The summed E-state index contributed by atoms with van der Waals surface area (Å²) in [6.07, 6.45) is 4.87. The number of hydrogen-bond donors (Lipinski definition) is 1. The number of allylic oxidation sites excluding steroid dienone is 2. The van der Waals surface area contributed by atoms with Gasteiger partial charge >= 0.3 is 0 Å². The molecule has 2 nitrogen and oxygen atoms in total. The summed E-state index contributed by atoms with van der Waals surface area (Å²) < 4.78 is 0. The predicted molar refractivity (Wildman–Crippen MR) is 38.5 cm³/mol. The minimum absolute atomic E-state index is 0.213. The lowest BCUT2D eigenvalue weighted by Crippen LogP contribution is -2.34. The topological polar surface area (TPSA) is 37.3 Å². The van der Waals surface area contributed by atoms with Crippen LogP contribution in [0.3, 0.4) is 0 Å². The Morgan fingerprint density at radius 1 is 1.60 bits per heavy atom.